The van der Waals surface area contributed by atoms with Crippen molar-refractivity contribution in [3.63, 3.8) is 0 Å². The van der Waals surface area contributed by atoms with Crippen molar-refractivity contribution >= 4 is 0 Å². The molecule has 1 rings (SSSR count). The van der Waals surface area contributed by atoms with Gasteiger partial charge in [-0.15, -0.1) is 11.7 Å². The largest absolute Gasteiger partial charge is 0.383 e. The summed E-state index contributed by atoms with van der Waals surface area (Å²) in [6, 6.07) is -0.167. The van der Waals surface area contributed by atoms with Crippen molar-refractivity contribution in [2.75, 3.05) is 13.7 Å². The van der Waals surface area contributed by atoms with Crippen molar-refractivity contribution in [3.8, 4) is 0 Å². The number of nitrogens with zero attached hydrogens (tertiary/aromatic N) is 3. The predicted molar refractivity (Wildman–Crippen MR) is 53.6 cm³/mol. The van der Waals surface area contributed by atoms with Crippen LogP contribution in [-0.4, -0.2) is 28.7 Å². The van der Waals surface area contributed by atoms with Gasteiger partial charge in [0.1, 0.15) is 0 Å². The summed E-state index contributed by atoms with van der Waals surface area (Å²) in [7, 11) is 1.62. The second-order valence-corrected chi connectivity index (χ2v) is 3.02. The third-order valence-electron chi connectivity index (χ3n) is 1.92. The van der Waals surface area contributed by atoms with Crippen LogP contribution in [0, 0.1) is 0 Å². The molecule has 5 nitrogen and oxygen atoms in total. The number of rotatable bonds is 6. The first-order valence-corrected chi connectivity index (χ1v) is 4.53. The number of ether oxygens (including phenoxy) is 1. The average Bonchev–Trinajstić information content (AvgIpc) is 2.63. The van der Waals surface area contributed by atoms with Crippen LogP contribution in [0.15, 0.2) is 18.9 Å². The predicted octanol–water partition coefficient (Wildman–Crippen LogP) is 0.500. The molecule has 0 radical (unpaired) electrons. The first kappa shape index (κ1) is 10.9. The van der Waals surface area contributed by atoms with E-state index in [2.05, 4.69) is 16.9 Å². The molecule has 0 aliphatic rings. The molecule has 0 aromatic carbocycles. The van der Waals surface area contributed by atoms with Crippen LogP contribution < -0.4 is 5.73 Å². The fourth-order valence-corrected chi connectivity index (χ4v) is 1.21. The summed E-state index contributed by atoms with van der Waals surface area (Å²) in [4.78, 5) is 0. The summed E-state index contributed by atoms with van der Waals surface area (Å²) >= 11 is 0. The molecule has 78 valence electrons. The van der Waals surface area contributed by atoms with Gasteiger partial charge in [0.25, 0.3) is 0 Å². The van der Waals surface area contributed by atoms with Gasteiger partial charge in [0.15, 0.2) is 0 Å². The Morgan fingerprint density at radius 3 is 3.21 bits per heavy atom. The Kier molecular flexibility index (Phi) is 4.28. The lowest BCUT2D eigenvalue weighted by Crippen LogP contribution is -2.20. The molecular weight excluding hydrogens is 180 g/mol. The maximum atomic E-state index is 5.87. The molecular formula is C9H16N4O. The summed E-state index contributed by atoms with van der Waals surface area (Å²) in [5.41, 5.74) is 6.77. The summed E-state index contributed by atoms with van der Waals surface area (Å²) in [5.74, 6) is 0. The Hall–Kier alpha value is -1.20. The van der Waals surface area contributed by atoms with Gasteiger partial charge in [0, 0.05) is 13.7 Å². The lowest BCUT2D eigenvalue weighted by Gasteiger charge is -2.11. The van der Waals surface area contributed by atoms with E-state index >= 15 is 0 Å². The van der Waals surface area contributed by atoms with Crippen molar-refractivity contribution in [3.05, 3.63) is 24.5 Å². The number of allylic oxidation sites excluding steroid dienone is 1. The minimum absolute atomic E-state index is 0.167. The minimum Gasteiger partial charge on any atom is -0.383 e. The molecule has 0 amide bonds. The zero-order valence-corrected chi connectivity index (χ0v) is 8.39. The molecule has 0 aliphatic carbocycles. The van der Waals surface area contributed by atoms with Crippen LogP contribution in [0.4, 0.5) is 0 Å². The summed E-state index contributed by atoms with van der Waals surface area (Å²) in [6.07, 6.45) is 4.37. The van der Waals surface area contributed by atoms with Gasteiger partial charge in [-0.1, -0.05) is 11.3 Å². The Labute approximate surface area is 83.5 Å². The number of hydrogen-bond donors (Lipinski definition) is 1. The number of aromatic nitrogens is 3. The van der Waals surface area contributed by atoms with Crippen LogP contribution in [0.5, 0.6) is 0 Å². The van der Waals surface area contributed by atoms with Gasteiger partial charge in [-0.25, -0.2) is 4.68 Å². The van der Waals surface area contributed by atoms with Gasteiger partial charge >= 0.3 is 0 Å². The smallest absolute Gasteiger partial charge is 0.0778 e. The summed E-state index contributed by atoms with van der Waals surface area (Å²) in [6.45, 7) is 4.89. The monoisotopic (exact) mass is 196 g/mol. The van der Waals surface area contributed by atoms with E-state index in [1.165, 1.54) is 0 Å². The fourth-order valence-electron chi connectivity index (χ4n) is 1.21. The zero-order chi connectivity index (χ0) is 10.4. The number of aryl methyl sites for hydroxylation is 1. The van der Waals surface area contributed by atoms with Gasteiger partial charge in [0.05, 0.1) is 24.5 Å². The maximum absolute atomic E-state index is 5.87. The normalized spacial score (nSPS) is 12.7. The van der Waals surface area contributed by atoms with Crippen molar-refractivity contribution in [1.29, 1.82) is 0 Å². The third-order valence-corrected chi connectivity index (χ3v) is 1.92. The summed E-state index contributed by atoms with van der Waals surface area (Å²) in [5, 5.41) is 7.76. The quantitative estimate of drug-likeness (QED) is 0.673. The second-order valence-electron chi connectivity index (χ2n) is 3.02. The number of hydrogen-bond acceptors (Lipinski definition) is 4. The fraction of sp³-hybridized carbons (Fsp3) is 0.556. The number of methoxy groups -OCH3 is 1. The highest BCUT2D eigenvalue weighted by Crippen LogP contribution is 2.08. The van der Waals surface area contributed by atoms with E-state index in [4.69, 9.17) is 10.5 Å². The maximum Gasteiger partial charge on any atom is 0.0778 e. The topological polar surface area (TPSA) is 66.0 Å². The molecule has 0 saturated carbocycles. The Bertz CT molecular complexity index is 284. The third kappa shape index (κ3) is 2.65. The molecule has 1 heterocycles. The van der Waals surface area contributed by atoms with Crippen molar-refractivity contribution < 1.29 is 4.74 Å². The molecule has 0 bridgehead atoms. The molecule has 1 aromatic rings. The molecule has 5 heteroatoms. The number of nitrogens with two attached hydrogens (primary N) is 1. The lowest BCUT2D eigenvalue weighted by atomic mass is 10.2. The van der Waals surface area contributed by atoms with Crippen LogP contribution in [0.1, 0.15) is 18.2 Å². The SMILES string of the molecule is C=CCCn1nncc1C(N)COC. The molecule has 1 atom stereocenters. The van der Waals surface area contributed by atoms with E-state index in [0.29, 0.717) is 6.61 Å². The van der Waals surface area contributed by atoms with E-state index in [1.807, 2.05) is 6.08 Å². The molecule has 0 fully saturated rings. The van der Waals surface area contributed by atoms with E-state index < -0.39 is 0 Å². The molecule has 1 aromatic heterocycles. The Morgan fingerprint density at radius 2 is 2.57 bits per heavy atom. The van der Waals surface area contributed by atoms with Crippen LogP contribution in [0.3, 0.4) is 0 Å². The first-order chi connectivity index (χ1) is 6.79. The molecule has 1 unspecified atom stereocenters. The minimum atomic E-state index is -0.167. The van der Waals surface area contributed by atoms with E-state index in [9.17, 15) is 0 Å². The van der Waals surface area contributed by atoms with Crippen LogP contribution in [0.25, 0.3) is 0 Å². The first-order valence-electron chi connectivity index (χ1n) is 4.53. The zero-order valence-electron chi connectivity index (χ0n) is 8.39. The van der Waals surface area contributed by atoms with Gasteiger partial charge in [-0.2, -0.15) is 0 Å². The van der Waals surface area contributed by atoms with Crippen LogP contribution in [-0.2, 0) is 11.3 Å². The lowest BCUT2D eigenvalue weighted by molar-refractivity contribution is 0.177. The van der Waals surface area contributed by atoms with Gasteiger partial charge in [0.2, 0.25) is 0 Å². The van der Waals surface area contributed by atoms with E-state index in [1.54, 1.807) is 18.0 Å². The summed E-state index contributed by atoms with van der Waals surface area (Å²) < 4.78 is 6.76. The van der Waals surface area contributed by atoms with E-state index in [0.717, 1.165) is 18.7 Å². The molecule has 0 spiro atoms. The molecule has 2 N–H and O–H groups in total. The highest BCUT2D eigenvalue weighted by Gasteiger charge is 2.11. The van der Waals surface area contributed by atoms with Gasteiger partial charge in [-0.05, 0) is 6.42 Å². The van der Waals surface area contributed by atoms with Gasteiger partial charge in [-0.3, -0.25) is 0 Å². The Morgan fingerprint density at radius 1 is 1.79 bits per heavy atom. The van der Waals surface area contributed by atoms with Gasteiger partial charge < -0.3 is 10.5 Å². The standard InChI is InChI=1S/C9H16N4O/c1-3-4-5-13-9(6-11-12-13)8(10)7-14-2/h3,6,8H,1,4-5,7,10H2,2H3. The molecule has 0 aliphatic heterocycles. The van der Waals surface area contributed by atoms with Crippen molar-refractivity contribution in [1.82, 2.24) is 15.0 Å². The second kappa shape index (κ2) is 5.51. The van der Waals surface area contributed by atoms with Crippen molar-refractivity contribution in [2.45, 2.75) is 19.0 Å². The van der Waals surface area contributed by atoms with Crippen LogP contribution in [0.2, 0.25) is 0 Å². The van der Waals surface area contributed by atoms with Crippen molar-refractivity contribution in [2.24, 2.45) is 5.73 Å². The Balaban J connectivity index is 2.65. The highest BCUT2D eigenvalue weighted by molar-refractivity contribution is 5.01. The molecule has 0 saturated heterocycles. The molecule has 14 heavy (non-hydrogen) atoms. The highest BCUT2D eigenvalue weighted by atomic mass is 16.5. The van der Waals surface area contributed by atoms with E-state index in [-0.39, 0.29) is 6.04 Å². The van der Waals surface area contributed by atoms with Crippen LogP contribution >= 0.6 is 0 Å². The average molecular weight is 196 g/mol.